The molecule has 0 fully saturated rings. The Balaban J connectivity index is 4.01. The number of ether oxygens (including phenoxy) is 2. The summed E-state index contributed by atoms with van der Waals surface area (Å²) in [5.41, 5.74) is 0. The van der Waals surface area contributed by atoms with E-state index in [0.717, 1.165) is 0 Å². The van der Waals surface area contributed by atoms with Gasteiger partial charge in [0.05, 0.1) is 0 Å². The van der Waals surface area contributed by atoms with Crippen molar-refractivity contribution in [1.29, 1.82) is 0 Å². The summed E-state index contributed by atoms with van der Waals surface area (Å²) >= 11 is 0. The van der Waals surface area contributed by atoms with Crippen molar-refractivity contribution in [3.8, 4) is 0 Å². The molecular weight excluding hydrogens is 160 g/mol. The maximum absolute atomic E-state index is 8.85. The summed E-state index contributed by atoms with van der Waals surface area (Å²) in [6, 6.07) is 0. The zero-order valence-corrected chi connectivity index (χ0v) is 8.07. The lowest BCUT2D eigenvalue weighted by Crippen LogP contribution is -2.38. The molecule has 0 unspecified atom stereocenters. The van der Waals surface area contributed by atoms with Crippen LogP contribution in [0.4, 0.5) is 0 Å². The number of methoxy groups -OCH3 is 1. The van der Waals surface area contributed by atoms with Gasteiger partial charge < -0.3 is 19.7 Å². The first kappa shape index (κ1) is 11.8. The van der Waals surface area contributed by atoms with Gasteiger partial charge in [-0.05, 0) is 20.3 Å². The van der Waals surface area contributed by atoms with Crippen LogP contribution in [0.1, 0.15) is 27.2 Å². The van der Waals surface area contributed by atoms with Gasteiger partial charge in [0.1, 0.15) is 6.10 Å². The zero-order valence-electron chi connectivity index (χ0n) is 8.07. The van der Waals surface area contributed by atoms with Gasteiger partial charge in [-0.25, -0.2) is 0 Å². The second kappa shape index (κ2) is 4.77. The van der Waals surface area contributed by atoms with Crippen molar-refractivity contribution in [2.75, 3.05) is 7.11 Å². The lowest BCUT2D eigenvalue weighted by Gasteiger charge is -2.29. The highest BCUT2D eigenvalue weighted by Gasteiger charge is 2.25. The largest absolute Gasteiger partial charge is 0.366 e. The molecule has 74 valence electrons. The molecule has 12 heavy (non-hydrogen) atoms. The molecule has 0 aromatic rings. The summed E-state index contributed by atoms with van der Waals surface area (Å²) < 4.78 is 10.3. The van der Waals surface area contributed by atoms with E-state index in [1.54, 1.807) is 13.8 Å². The second-order valence-electron chi connectivity index (χ2n) is 3.08. The molecule has 0 aliphatic heterocycles. The summed E-state index contributed by atoms with van der Waals surface area (Å²) in [7, 11) is 1.51. The van der Waals surface area contributed by atoms with Crippen molar-refractivity contribution in [3.05, 3.63) is 0 Å². The molecule has 0 aliphatic rings. The van der Waals surface area contributed by atoms with Crippen molar-refractivity contribution < 1.29 is 19.7 Å². The molecule has 0 saturated carbocycles. The van der Waals surface area contributed by atoms with Gasteiger partial charge in [0.15, 0.2) is 12.1 Å². The number of hydrogen-bond acceptors (Lipinski definition) is 4. The van der Waals surface area contributed by atoms with E-state index < -0.39 is 18.2 Å². The van der Waals surface area contributed by atoms with E-state index in [1.807, 2.05) is 6.92 Å². The van der Waals surface area contributed by atoms with Gasteiger partial charge in [-0.1, -0.05) is 6.92 Å². The van der Waals surface area contributed by atoms with E-state index in [-0.39, 0.29) is 0 Å². The van der Waals surface area contributed by atoms with Crippen LogP contribution < -0.4 is 0 Å². The Labute approximate surface area is 73.1 Å². The summed E-state index contributed by atoms with van der Waals surface area (Å²) in [6.07, 6.45) is -1.52. The number of aliphatic hydroxyl groups excluding tert-OH is 1. The Bertz CT molecular complexity index is 122. The minimum atomic E-state index is -1.45. The minimum absolute atomic E-state index is 0.532. The van der Waals surface area contributed by atoms with Crippen LogP contribution in [0.5, 0.6) is 0 Å². The highest BCUT2D eigenvalue weighted by atomic mass is 16.7. The third-order valence-corrected chi connectivity index (χ3v) is 1.66. The van der Waals surface area contributed by atoms with E-state index in [0.29, 0.717) is 6.42 Å². The lowest BCUT2D eigenvalue weighted by molar-refractivity contribution is -0.266. The normalized spacial score (nSPS) is 15.2. The quantitative estimate of drug-likeness (QED) is 0.601. The van der Waals surface area contributed by atoms with Crippen molar-refractivity contribution in [3.63, 3.8) is 0 Å². The highest BCUT2D eigenvalue weighted by Crippen LogP contribution is 2.16. The molecule has 0 aromatic carbocycles. The average Bonchev–Trinajstić information content (AvgIpc) is 2.00. The molecule has 4 heteroatoms. The standard InChI is InChI=1S/C8H18O4/c1-5-6(7(9)10)12-8(2,3)11-4/h6-7,9-10H,5H2,1-4H3/t6-/m1/s1. The van der Waals surface area contributed by atoms with Crippen LogP contribution in [0.2, 0.25) is 0 Å². The molecule has 4 nitrogen and oxygen atoms in total. The van der Waals surface area contributed by atoms with E-state index in [1.165, 1.54) is 7.11 Å². The van der Waals surface area contributed by atoms with Crippen LogP contribution in [0, 0.1) is 0 Å². The van der Waals surface area contributed by atoms with Crippen LogP contribution in [-0.4, -0.2) is 35.5 Å². The molecule has 2 N–H and O–H groups in total. The monoisotopic (exact) mass is 178 g/mol. The Kier molecular flexibility index (Phi) is 4.70. The maximum atomic E-state index is 8.85. The van der Waals surface area contributed by atoms with Gasteiger partial charge >= 0.3 is 0 Å². The fourth-order valence-corrected chi connectivity index (χ4v) is 0.768. The van der Waals surface area contributed by atoms with E-state index in [9.17, 15) is 0 Å². The molecule has 0 aromatic heterocycles. The second-order valence-corrected chi connectivity index (χ2v) is 3.08. The van der Waals surface area contributed by atoms with Gasteiger partial charge in [-0.2, -0.15) is 0 Å². The summed E-state index contributed by atoms with van der Waals surface area (Å²) in [5, 5.41) is 17.7. The molecule has 0 spiro atoms. The van der Waals surface area contributed by atoms with Crippen LogP contribution in [0.25, 0.3) is 0 Å². The van der Waals surface area contributed by atoms with E-state index in [2.05, 4.69) is 0 Å². The van der Waals surface area contributed by atoms with Gasteiger partial charge in [-0.15, -0.1) is 0 Å². The van der Waals surface area contributed by atoms with Gasteiger partial charge in [0.25, 0.3) is 0 Å². The lowest BCUT2D eigenvalue weighted by atomic mass is 10.2. The Morgan fingerprint density at radius 2 is 1.83 bits per heavy atom. The highest BCUT2D eigenvalue weighted by molar-refractivity contribution is 4.62. The third-order valence-electron chi connectivity index (χ3n) is 1.66. The summed E-state index contributed by atoms with van der Waals surface area (Å²) in [6.45, 7) is 5.26. The van der Waals surface area contributed by atoms with E-state index >= 15 is 0 Å². The molecule has 0 aliphatic carbocycles. The molecule has 0 saturated heterocycles. The maximum Gasteiger partial charge on any atom is 0.178 e. The molecule has 0 heterocycles. The molecule has 0 bridgehead atoms. The molecule has 0 rings (SSSR count). The Hall–Kier alpha value is -0.160. The van der Waals surface area contributed by atoms with Crippen molar-refractivity contribution in [2.45, 2.75) is 45.4 Å². The van der Waals surface area contributed by atoms with Gasteiger partial charge in [-0.3, -0.25) is 0 Å². The first-order valence-corrected chi connectivity index (χ1v) is 4.02. The zero-order chi connectivity index (χ0) is 9.78. The summed E-state index contributed by atoms with van der Waals surface area (Å²) in [4.78, 5) is 0. The van der Waals surface area contributed by atoms with E-state index in [4.69, 9.17) is 19.7 Å². The Morgan fingerprint density at radius 3 is 2.08 bits per heavy atom. The van der Waals surface area contributed by atoms with Gasteiger partial charge in [0.2, 0.25) is 0 Å². The SMILES string of the molecule is CC[C@@H](OC(C)(C)OC)C(O)O. The predicted octanol–water partition coefficient (Wildman–Crippen LogP) is 0.475. The Morgan fingerprint density at radius 1 is 1.33 bits per heavy atom. The van der Waals surface area contributed by atoms with Crippen LogP contribution in [0.3, 0.4) is 0 Å². The van der Waals surface area contributed by atoms with Crippen LogP contribution >= 0.6 is 0 Å². The number of aliphatic hydroxyl groups is 2. The number of rotatable bonds is 5. The van der Waals surface area contributed by atoms with Gasteiger partial charge in [0, 0.05) is 7.11 Å². The van der Waals surface area contributed by atoms with Crippen molar-refractivity contribution in [2.24, 2.45) is 0 Å². The fourth-order valence-electron chi connectivity index (χ4n) is 0.768. The minimum Gasteiger partial charge on any atom is -0.366 e. The molecular formula is C8H18O4. The van der Waals surface area contributed by atoms with Crippen LogP contribution in [0.15, 0.2) is 0 Å². The van der Waals surface area contributed by atoms with Crippen molar-refractivity contribution >= 4 is 0 Å². The van der Waals surface area contributed by atoms with Crippen molar-refractivity contribution in [1.82, 2.24) is 0 Å². The predicted molar refractivity (Wildman–Crippen MR) is 44.5 cm³/mol. The molecule has 0 radical (unpaired) electrons. The van der Waals surface area contributed by atoms with Crippen LogP contribution in [-0.2, 0) is 9.47 Å². The number of hydrogen-bond donors (Lipinski definition) is 2. The first-order valence-electron chi connectivity index (χ1n) is 4.02. The molecule has 1 atom stereocenters. The smallest absolute Gasteiger partial charge is 0.178 e. The first-order chi connectivity index (χ1) is 5.43. The summed E-state index contributed by atoms with van der Waals surface area (Å²) in [5.74, 6) is -0.773. The topological polar surface area (TPSA) is 58.9 Å². The fraction of sp³-hybridized carbons (Fsp3) is 1.00. The molecule has 0 amide bonds. The average molecular weight is 178 g/mol. The third kappa shape index (κ3) is 4.01.